The fraction of sp³-hybridized carbons (Fsp3) is 0.550. The number of hydrogen-bond donors (Lipinski definition) is 2. The molecular weight excluding hydrogens is 439 g/mol. The predicted octanol–water partition coefficient (Wildman–Crippen LogP) is 3.26. The van der Waals surface area contributed by atoms with E-state index in [4.69, 9.17) is 9.73 Å². The average molecular weight is 472 g/mol. The van der Waals surface area contributed by atoms with E-state index >= 15 is 0 Å². The Kier molecular flexibility index (Phi) is 10.7. The maximum absolute atomic E-state index is 5.71. The van der Waals surface area contributed by atoms with Crippen LogP contribution in [0.3, 0.4) is 0 Å². The molecule has 2 N–H and O–H groups in total. The van der Waals surface area contributed by atoms with Crippen molar-refractivity contribution in [2.75, 3.05) is 33.8 Å². The van der Waals surface area contributed by atoms with Crippen molar-refractivity contribution in [2.45, 2.75) is 32.4 Å². The molecule has 0 radical (unpaired) electrons. The van der Waals surface area contributed by atoms with Gasteiger partial charge in [-0.15, -0.1) is 24.0 Å². The minimum atomic E-state index is 0. The third kappa shape index (κ3) is 7.53. The van der Waals surface area contributed by atoms with E-state index in [0.29, 0.717) is 19.2 Å². The summed E-state index contributed by atoms with van der Waals surface area (Å²) in [7, 11) is 4.31. The molecule has 1 atom stereocenters. The molecule has 1 aliphatic carbocycles. The third-order valence-corrected chi connectivity index (χ3v) is 4.39. The topological polar surface area (TPSA) is 48.9 Å². The zero-order valence-corrected chi connectivity index (χ0v) is 18.5. The second kappa shape index (κ2) is 12.2. The Labute approximate surface area is 175 Å². The van der Waals surface area contributed by atoms with Gasteiger partial charge in [0.1, 0.15) is 12.4 Å². The van der Waals surface area contributed by atoms with Crippen LogP contribution in [0.2, 0.25) is 0 Å². The van der Waals surface area contributed by atoms with Crippen LogP contribution in [-0.2, 0) is 6.54 Å². The molecule has 6 heteroatoms. The summed E-state index contributed by atoms with van der Waals surface area (Å²) in [6.07, 6.45) is 4.43. The lowest BCUT2D eigenvalue weighted by molar-refractivity contribution is 0.264. The summed E-state index contributed by atoms with van der Waals surface area (Å²) in [6.45, 7) is 8.63. The first kappa shape index (κ1) is 22.8. The molecule has 0 saturated heterocycles. The summed E-state index contributed by atoms with van der Waals surface area (Å²) in [5.41, 5.74) is 1.08. The molecule has 0 aromatic heterocycles. The zero-order valence-electron chi connectivity index (χ0n) is 16.2. The molecule has 146 valence electrons. The number of hydrogen-bond acceptors (Lipinski definition) is 3. The molecule has 5 nitrogen and oxygen atoms in total. The molecule has 1 saturated carbocycles. The van der Waals surface area contributed by atoms with Gasteiger partial charge in [-0.25, -0.2) is 4.99 Å². The number of aliphatic imine (C=N–C) groups is 1. The third-order valence-electron chi connectivity index (χ3n) is 4.39. The molecule has 0 spiro atoms. The first-order chi connectivity index (χ1) is 12.2. The van der Waals surface area contributed by atoms with Crippen LogP contribution in [0.15, 0.2) is 41.9 Å². The molecule has 0 bridgehead atoms. The second-order valence-corrected chi connectivity index (χ2v) is 6.65. The number of halogens is 1. The minimum Gasteiger partial charge on any atom is -0.489 e. The SMILES string of the molecule is C=CCOc1ccccc1CN=C(NCC)NCC(C1CC1)N(C)C.I. The van der Waals surface area contributed by atoms with E-state index in [-0.39, 0.29) is 24.0 Å². The molecule has 1 fully saturated rings. The van der Waals surface area contributed by atoms with Crippen molar-refractivity contribution in [3.05, 3.63) is 42.5 Å². The smallest absolute Gasteiger partial charge is 0.191 e. The molecule has 26 heavy (non-hydrogen) atoms. The molecule has 0 heterocycles. The van der Waals surface area contributed by atoms with Gasteiger partial charge in [0.05, 0.1) is 6.54 Å². The van der Waals surface area contributed by atoms with Crippen LogP contribution in [0.5, 0.6) is 5.75 Å². The molecule has 0 amide bonds. The van der Waals surface area contributed by atoms with E-state index < -0.39 is 0 Å². The summed E-state index contributed by atoms with van der Waals surface area (Å²) in [6, 6.07) is 8.59. The van der Waals surface area contributed by atoms with E-state index in [9.17, 15) is 0 Å². The summed E-state index contributed by atoms with van der Waals surface area (Å²) >= 11 is 0. The van der Waals surface area contributed by atoms with Gasteiger partial charge < -0.3 is 20.3 Å². The fourth-order valence-corrected chi connectivity index (χ4v) is 2.88. The van der Waals surface area contributed by atoms with Crippen LogP contribution in [0.4, 0.5) is 0 Å². The van der Waals surface area contributed by atoms with Crippen LogP contribution >= 0.6 is 24.0 Å². The molecule has 1 unspecified atom stereocenters. The highest BCUT2D eigenvalue weighted by Gasteiger charge is 2.32. The number of guanidine groups is 1. The van der Waals surface area contributed by atoms with E-state index in [2.05, 4.69) is 49.2 Å². The van der Waals surface area contributed by atoms with Gasteiger partial charge >= 0.3 is 0 Å². The Balaban J connectivity index is 0.00000338. The van der Waals surface area contributed by atoms with Gasteiger partial charge in [-0.2, -0.15) is 0 Å². The van der Waals surface area contributed by atoms with Crippen LogP contribution in [0, 0.1) is 5.92 Å². The number of nitrogens with one attached hydrogen (secondary N) is 2. The largest absolute Gasteiger partial charge is 0.489 e. The van der Waals surface area contributed by atoms with Gasteiger partial charge in [0.15, 0.2) is 5.96 Å². The molecule has 1 aromatic carbocycles. The Bertz CT molecular complexity index is 571. The van der Waals surface area contributed by atoms with Crippen molar-refractivity contribution in [1.29, 1.82) is 0 Å². The lowest BCUT2D eigenvalue weighted by Gasteiger charge is -2.25. The Morgan fingerprint density at radius 3 is 2.69 bits per heavy atom. The van der Waals surface area contributed by atoms with Crippen LogP contribution in [0.1, 0.15) is 25.3 Å². The molecule has 2 rings (SSSR count). The first-order valence-electron chi connectivity index (χ1n) is 9.15. The maximum Gasteiger partial charge on any atom is 0.191 e. The molecular formula is C20H33IN4O. The van der Waals surface area contributed by atoms with Gasteiger partial charge in [-0.3, -0.25) is 0 Å². The number of rotatable bonds is 10. The lowest BCUT2D eigenvalue weighted by atomic mass is 10.1. The standard InChI is InChI=1S/C20H32N4O.HI/c1-5-13-25-19-10-8-7-9-17(19)14-22-20(21-6-2)23-15-18(24(3)4)16-11-12-16;/h5,7-10,16,18H,1,6,11-15H2,2-4H3,(H2,21,22,23);1H. The van der Waals surface area contributed by atoms with E-state index in [0.717, 1.165) is 36.3 Å². The Morgan fingerprint density at radius 1 is 1.35 bits per heavy atom. The zero-order chi connectivity index (χ0) is 18.1. The summed E-state index contributed by atoms with van der Waals surface area (Å²) in [5, 5.41) is 6.83. The molecule has 0 aliphatic heterocycles. The van der Waals surface area contributed by atoms with Crippen molar-refractivity contribution >= 4 is 29.9 Å². The maximum atomic E-state index is 5.71. The highest BCUT2D eigenvalue weighted by atomic mass is 127. The van der Waals surface area contributed by atoms with Crippen LogP contribution in [-0.4, -0.2) is 50.7 Å². The average Bonchev–Trinajstić information content (AvgIpc) is 3.43. The summed E-state index contributed by atoms with van der Waals surface area (Å²) in [5.74, 6) is 2.54. The van der Waals surface area contributed by atoms with E-state index in [1.807, 2.05) is 18.2 Å². The second-order valence-electron chi connectivity index (χ2n) is 6.65. The van der Waals surface area contributed by atoms with Gasteiger partial charge in [0, 0.05) is 24.7 Å². The minimum absolute atomic E-state index is 0. The summed E-state index contributed by atoms with van der Waals surface area (Å²) in [4.78, 5) is 7.05. The Hall–Kier alpha value is -1.28. The van der Waals surface area contributed by atoms with Crippen molar-refractivity contribution in [1.82, 2.24) is 15.5 Å². The number of ether oxygens (including phenoxy) is 1. The number of benzene rings is 1. The first-order valence-corrected chi connectivity index (χ1v) is 9.15. The summed E-state index contributed by atoms with van der Waals surface area (Å²) < 4.78 is 5.71. The molecule has 1 aliphatic rings. The van der Waals surface area contributed by atoms with Gasteiger partial charge in [0.25, 0.3) is 0 Å². The van der Waals surface area contributed by atoms with E-state index in [1.165, 1.54) is 12.8 Å². The highest BCUT2D eigenvalue weighted by molar-refractivity contribution is 14.0. The number of nitrogens with zero attached hydrogens (tertiary/aromatic N) is 2. The van der Waals surface area contributed by atoms with Crippen molar-refractivity contribution in [2.24, 2.45) is 10.9 Å². The van der Waals surface area contributed by atoms with Crippen molar-refractivity contribution in [3.8, 4) is 5.75 Å². The van der Waals surface area contributed by atoms with Gasteiger partial charge in [-0.05, 0) is 45.8 Å². The van der Waals surface area contributed by atoms with E-state index in [1.54, 1.807) is 6.08 Å². The van der Waals surface area contributed by atoms with Gasteiger partial charge in [-0.1, -0.05) is 30.9 Å². The normalized spacial score (nSPS) is 15.2. The number of likely N-dealkylation sites (N-methyl/N-ethyl adjacent to an activating group) is 1. The fourth-order valence-electron chi connectivity index (χ4n) is 2.88. The van der Waals surface area contributed by atoms with Crippen LogP contribution < -0.4 is 15.4 Å². The lowest BCUT2D eigenvalue weighted by Crippen LogP contribution is -2.46. The van der Waals surface area contributed by atoms with Crippen LogP contribution in [0.25, 0.3) is 0 Å². The predicted molar refractivity (Wildman–Crippen MR) is 121 cm³/mol. The van der Waals surface area contributed by atoms with Gasteiger partial charge in [0.2, 0.25) is 0 Å². The monoisotopic (exact) mass is 472 g/mol. The highest BCUT2D eigenvalue weighted by Crippen LogP contribution is 2.34. The number of para-hydroxylation sites is 1. The molecule has 1 aromatic rings. The Morgan fingerprint density at radius 2 is 2.08 bits per heavy atom. The van der Waals surface area contributed by atoms with Crippen molar-refractivity contribution in [3.63, 3.8) is 0 Å². The quantitative estimate of drug-likeness (QED) is 0.238. The van der Waals surface area contributed by atoms with Crippen molar-refractivity contribution < 1.29 is 4.74 Å².